The molecule has 1 aliphatic rings. The molecule has 1 saturated heterocycles. The molecule has 1 amide bonds. The molecule has 1 aromatic heterocycles. The molecule has 0 radical (unpaired) electrons. The van der Waals surface area contributed by atoms with E-state index < -0.39 is 18.3 Å². The molecule has 0 unspecified atom stereocenters. The zero-order valence-corrected chi connectivity index (χ0v) is 12.0. The zero-order chi connectivity index (χ0) is 14.3. The number of carbonyl (C=O) groups excluding carboxylic acids is 1. The summed E-state index contributed by atoms with van der Waals surface area (Å²) in [5.74, 6) is -0.119. The summed E-state index contributed by atoms with van der Waals surface area (Å²) >= 11 is 0. The molecule has 0 spiro atoms. The number of hydrogen-bond donors (Lipinski definition) is 1. The number of anilines is 1. The van der Waals surface area contributed by atoms with Gasteiger partial charge in [-0.15, -0.1) is 0 Å². The van der Waals surface area contributed by atoms with Crippen molar-refractivity contribution in [3.63, 3.8) is 0 Å². The third-order valence-corrected chi connectivity index (χ3v) is 3.60. The summed E-state index contributed by atoms with van der Waals surface area (Å²) in [6, 6.07) is 3.50. The summed E-state index contributed by atoms with van der Waals surface area (Å²) < 4.78 is 11.8. The summed E-state index contributed by atoms with van der Waals surface area (Å²) in [4.78, 5) is 15.3. The number of rotatable bonds is 2. The predicted octanol–water partition coefficient (Wildman–Crippen LogP) is 1.34. The van der Waals surface area contributed by atoms with Gasteiger partial charge in [-0.3, -0.25) is 9.78 Å². The average molecular weight is 262 g/mol. The second-order valence-electron chi connectivity index (χ2n) is 5.74. The van der Waals surface area contributed by atoms with Crippen LogP contribution in [-0.2, 0) is 14.1 Å². The van der Waals surface area contributed by atoms with Crippen molar-refractivity contribution in [2.75, 3.05) is 5.32 Å². The second-order valence-corrected chi connectivity index (χ2v) is 5.74. The Labute approximate surface area is 113 Å². The number of pyridine rings is 1. The number of nitrogens with one attached hydrogen (secondary N) is 1. The maximum atomic E-state index is 11.1. The number of carbonyl (C=O) groups is 1. The zero-order valence-electron chi connectivity index (χ0n) is 12.0. The second kappa shape index (κ2) is 4.61. The van der Waals surface area contributed by atoms with E-state index in [1.807, 2.05) is 27.7 Å². The Bertz CT molecular complexity index is 486. The molecular formula is C13H19BN2O3. The molecule has 1 fully saturated rings. The van der Waals surface area contributed by atoms with Crippen LogP contribution in [0.25, 0.3) is 0 Å². The van der Waals surface area contributed by atoms with E-state index in [4.69, 9.17) is 9.31 Å². The van der Waals surface area contributed by atoms with Gasteiger partial charge in [0.05, 0.1) is 16.8 Å². The van der Waals surface area contributed by atoms with Crippen LogP contribution in [0, 0.1) is 0 Å². The normalized spacial score (nSPS) is 20.4. The minimum atomic E-state index is -0.515. The lowest BCUT2D eigenvalue weighted by atomic mass is 9.84. The largest absolute Gasteiger partial charge is 0.514 e. The van der Waals surface area contributed by atoms with Crippen LogP contribution in [0.15, 0.2) is 18.3 Å². The molecule has 1 N–H and O–H groups in total. The van der Waals surface area contributed by atoms with Gasteiger partial charge in [0.2, 0.25) is 5.91 Å². The van der Waals surface area contributed by atoms with Gasteiger partial charge in [0.1, 0.15) is 0 Å². The first-order valence-electron chi connectivity index (χ1n) is 6.30. The van der Waals surface area contributed by atoms with Crippen LogP contribution in [0.3, 0.4) is 0 Å². The van der Waals surface area contributed by atoms with Gasteiger partial charge in [0.25, 0.3) is 0 Å². The molecular weight excluding hydrogens is 243 g/mol. The SMILES string of the molecule is CC(=O)Nc1ccnc(B2OC(C)(C)C(C)(C)O2)c1. The first-order chi connectivity index (χ1) is 8.71. The van der Waals surface area contributed by atoms with E-state index in [2.05, 4.69) is 10.3 Å². The Morgan fingerprint density at radius 1 is 1.26 bits per heavy atom. The van der Waals surface area contributed by atoms with Crippen LogP contribution in [0.5, 0.6) is 0 Å². The molecule has 1 aliphatic heterocycles. The van der Waals surface area contributed by atoms with E-state index in [1.54, 1.807) is 18.3 Å². The fourth-order valence-electron chi connectivity index (χ4n) is 1.82. The monoisotopic (exact) mass is 262 g/mol. The van der Waals surface area contributed by atoms with E-state index in [1.165, 1.54) is 6.92 Å². The highest BCUT2D eigenvalue weighted by atomic mass is 16.7. The van der Waals surface area contributed by atoms with Gasteiger partial charge in [-0.1, -0.05) is 0 Å². The Balaban J connectivity index is 2.22. The Kier molecular flexibility index (Phi) is 3.41. The van der Waals surface area contributed by atoms with Crippen molar-refractivity contribution in [2.45, 2.75) is 45.8 Å². The quantitative estimate of drug-likeness (QED) is 0.817. The first kappa shape index (κ1) is 14.0. The fraction of sp³-hybridized carbons (Fsp3) is 0.538. The molecule has 0 atom stereocenters. The van der Waals surface area contributed by atoms with Crippen molar-refractivity contribution in [3.8, 4) is 0 Å². The summed E-state index contributed by atoms with van der Waals surface area (Å²) in [5.41, 5.74) is 0.546. The molecule has 102 valence electrons. The number of nitrogens with zero attached hydrogens (tertiary/aromatic N) is 1. The predicted molar refractivity (Wildman–Crippen MR) is 74.3 cm³/mol. The van der Waals surface area contributed by atoms with Crippen LogP contribution in [0.2, 0.25) is 0 Å². The van der Waals surface area contributed by atoms with Gasteiger partial charge in [-0.25, -0.2) is 0 Å². The molecule has 0 aromatic carbocycles. The highest BCUT2D eigenvalue weighted by Gasteiger charge is 2.52. The average Bonchev–Trinajstić information content (AvgIpc) is 2.47. The molecule has 0 aliphatic carbocycles. The molecule has 0 saturated carbocycles. The molecule has 2 rings (SSSR count). The summed E-state index contributed by atoms with van der Waals surface area (Å²) in [7, 11) is -0.515. The smallest absolute Gasteiger partial charge is 0.398 e. The van der Waals surface area contributed by atoms with Crippen LogP contribution in [0.4, 0.5) is 5.69 Å². The lowest BCUT2D eigenvalue weighted by Gasteiger charge is -2.32. The van der Waals surface area contributed by atoms with E-state index >= 15 is 0 Å². The maximum absolute atomic E-state index is 11.1. The topological polar surface area (TPSA) is 60.5 Å². The van der Waals surface area contributed by atoms with Crippen LogP contribution >= 0.6 is 0 Å². The van der Waals surface area contributed by atoms with Gasteiger partial charge in [-0.2, -0.15) is 0 Å². The number of amides is 1. The van der Waals surface area contributed by atoms with Gasteiger partial charge in [0.15, 0.2) is 0 Å². The van der Waals surface area contributed by atoms with Crippen molar-refractivity contribution in [2.24, 2.45) is 0 Å². The summed E-state index contributed by atoms with van der Waals surface area (Å²) in [6.07, 6.45) is 1.63. The lowest BCUT2D eigenvalue weighted by molar-refractivity contribution is -0.114. The standard InChI is InChI=1S/C13H19BN2O3/c1-9(17)16-10-6-7-15-11(8-10)14-18-12(2,3)13(4,5)19-14/h6-8H,1-5H3,(H,15,16,17). The minimum absolute atomic E-state index is 0.119. The molecule has 0 bridgehead atoms. The third kappa shape index (κ3) is 2.79. The van der Waals surface area contributed by atoms with Crippen molar-refractivity contribution < 1.29 is 14.1 Å². The highest BCUT2D eigenvalue weighted by Crippen LogP contribution is 2.36. The summed E-state index contributed by atoms with van der Waals surface area (Å²) in [5, 5.41) is 2.72. The van der Waals surface area contributed by atoms with E-state index in [0.717, 1.165) is 0 Å². The molecule has 1 aromatic rings. The Morgan fingerprint density at radius 2 is 1.84 bits per heavy atom. The number of aromatic nitrogens is 1. The van der Waals surface area contributed by atoms with Crippen LogP contribution < -0.4 is 10.9 Å². The molecule has 5 nitrogen and oxygen atoms in total. The van der Waals surface area contributed by atoms with E-state index in [9.17, 15) is 4.79 Å². The Morgan fingerprint density at radius 3 is 2.37 bits per heavy atom. The van der Waals surface area contributed by atoms with Gasteiger partial charge in [-0.05, 0) is 39.8 Å². The van der Waals surface area contributed by atoms with Crippen LogP contribution in [-0.4, -0.2) is 29.2 Å². The van der Waals surface area contributed by atoms with Crippen molar-refractivity contribution >= 4 is 24.3 Å². The minimum Gasteiger partial charge on any atom is -0.398 e. The maximum Gasteiger partial charge on any atom is 0.514 e. The van der Waals surface area contributed by atoms with E-state index in [-0.39, 0.29) is 5.91 Å². The van der Waals surface area contributed by atoms with Crippen LogP contribution in [0.1, 0.15) is 34.6 Å². The molecule has 6 heteroatoms. The van der Waals surface area contributed by atoms with Crippen molar-refractivity contribution in [1.29, 1.82) is 0 Å². The number of hydrogen-bond acceptors (Lipinski definition) is 4. The fourth-order valence-corrected chi connectivity index (χ4v) is 1.82. The highest BCUT2D eigenvalue weighted by molar-refractivity contribution is 6.61. The lowest BCUT2D eigenvalue weighted by Crippen LogP contribution is -2.41. The summed E-state index contributed by atoms with van der Waals surface area (Å²) in [6.45, 7) is 9.43. The molecule has 19 heavy (non-hydrogen) atoms. The third-order valence-electron chi connectivity index (χ3n) is 3.60. The van der Waals surface area contributed by atoms with E-state index in [0.29, 0.717) is 11.3 Å². The van der Waals surface area contributed by atoms with Gasteiger partial charge < -0.3 is 14.6 Å². The van der Waals surface area contributed by atoms with Crippen molar-refractivity contribution in [1.82, 2.24) is 4.98 Å². The molecule has 2 heterocycles. The Hall–Kier alpha value is -1.40. The first-order valence-corrected chi connectivity index (χ1v) is 6.30. The van der Waals surface area contributed by atoms with Gasteiger partial charge in [0, 0.05) is 18.8 Å². The van der Waals surface area contributed by atoms with Crippen molar-refractivity contribution in [3.05, 3.63) is 18.3 Å². The van der Waals surface area contributed by atoms with Gasteiger partial charge >= 0.3 is 7.12 Å².